The molecule has 0 radical (unpaired) electrons. The third kappa shape index (κ3) is 6.72. The van der Waals surface area contributed by atoms with E-state index in [1.165, 1.54) is 22.2 Å². The summed E-state index contributed by atoms with van der Waals surface area (Å²) in [5.41, 5.74) is 1.19. The van der Waals surface area contributed by atoms with Gasteiger partial charge in [-0.3, -0.25) is 0 Å². The molecule has 92 valence electrons. The maximum absolute atomic E-state index is 11.3. The first-order valence-electron chi connectivity index (χ1n) is 5.80. The van der Waals surface area contributed by atoms with Gasteiger partial charge in [-0.2, -0.15) is 0 Å². The molecule has 17 heavy (non-hydrogen) atoms. The molecule has 0 heterocycles. The van der Waals surface area contributed by atoms with E-state index in [0.29, 0.717) is 4.68 Å². The van der Waals surface area contributed by atoms with Gasteiger partial charge in [0, 0.05) is 0 Å². The Hall–Kier alpha value is -0.501. The van der Waals surface area contributed by atoms with Gasteiger partial charge in [-0.1, -0.05) is 0 Å². The fourth-order valence-corrected chi connectivity index (χ4v) is 4.67. The van der Waals surface area contributed by atoms with E-state index in [2.05, 4.69) is 25.1 Å². The van der Waals surface area contributed by atoms with Crippen molar-refractivity contribution < 1.29 is 4.79 Å². The normalized spacial score (nSPS) is 11.5. The molecular formula is C14H18OSSe. The molecule has 0 fully saturated rings. The Balaban J connectivity index is 2.67. The molecule has 0 bridgehead atoms. The van der Waals surface area contributed by atoms with Crippen LogP contribution in [0.25, 0.3) is 6.08 Å². The van der Waals surface area contributed by atoms with Crippen LogP contribution in [-0.4, -0.2) is 25.4 Å². The predicted octanol–water partition coefficient (Wildman–Crippen LogP) is 3.77. The van der Waals surface area contributed by atoms with Crippen molar-refractivity contribution in [3.8, 4) is 0 Å². The summed E-state index contributed by atoms with van der Waals surface area (Å²) in [6, 6.07) is 10.2. The molecular weight excluding hydrogens is 295 g/mol. The zero-order valence-corrected chi connectivity index (χ0v) is 12.8. The molecule has 0 saturated carbocycles. The van der Waals surface area contributed by atoms with Crippen LogP contribution in [0.3, 0.4) is 0 Å². The molecule has 0 N–H and O–H groups in total. The molecule has 1 aromatic carbocycles. The monoisotopic (exact) mass is 314 g/mol. The minimum absolute atomic E-state index is 0.0196. The van der Waals surface area contributed by atoms with E-state index in [9.17, 15) is 4.79 Å². The zero-order chi connectivity index (χ0) is 12.5. The Morgan fingerprint density at radius 2 is 2.06 bits per heavy atom. The summed E-state index contributed by atoms with van der Waals surface area (Å²) < 4.78 is 1.54. The summed E-state index contributed by atoms with van der Waals surface area (Å²) in [4.78, 5) is 11.3. The average molecular weight is 313 g/mol. The molecule has 1 aromatic rings. The molecule has 0 atom stereocenters. The van der Waals surface area contributed by atoms with E-state index in [0.717, 1.165) is 5.75 Å². The molecule has 0 aliphatic rings. The first kappa shape index (κ1) is 14.6. The van der Waals surface area contributed by atoms with Crippen LogP contribution in [0.1, 0.15) is 32.3 Å². The van der Waals surface area contributed by atoms with Gasteiger partial charge in [-0.15, -0.1) is 0 Å². The number of rotatable bonds is 7. The van der Waals surface area contributed by atoms with Crippen molar-refractivity contribution >= 4 is 37.5 Å². The van der Waals surface area contributed by atoms with Crippen molar-refractivity contribution in [1.29, 1.82) is 0 Å². The van der Waals surface area contributed by atoms with Crippen LogP contribution in [0.2, 0.25) is 0 Å². The third-order valence-corrected chi connectivity index (χ3v) is 5.41. The van der Waals surface area contributed by atoms with Crippen LogP contribution < -0.4 is 0 Å². The summed E-state index contributed by atoms with van der Waals surface area (Å²) in [6.45, 7) is 3.87. The SMILES string of the molecule is CCCCS/C(=C\c1ccccc1)[Se]C(C)=O. The molecule has 0 aliphatic carbocycles. The third-order valence-electron chi connectivity index (χ3n) is 2.07. The van der Waals surface area contributed by atoms with Crippen molar-refractivity contribution in [3.05, 3.63) is 39.7 Å². The molecule has 0 unspecified atom stereocenters. The van der Waals surface area contributed by atoms with Crippen LogP contribution >= 0.6 is 11.8 Å². The standard InChI is InChI=1S/C14H18OSSe/c1-3-4-10-16-14(17-12(2)15)11-13-8-6-5-7-9-13/h5-9,11H,3-4,10H2,1-2H3/b14-11+. The molecule has 0 amide bonds. The summed E-state index contributed by atoms with van der Waals surface area (Å²) in [6.07, 6.45) is 4.57. The number of carbonyl (C=O) groups is 1. The zero-order valence-electron chi connectivity index (χ0n) is 10.3. The van der Waals surface area contributed by atoms with Crippen molar-refractivity contribution in [2.45, 2.75) is 26.7 Å². The molecule has 1 rings (SSSR count). The maximum atomic E-state index is 11.3. The van der Waals surface area contributed by atoms with Gasteiger partial charge in [0.1, 0.15) is 0 Å². The molecule has 3 heteroatoms. The van der Waals surface area contributed by atoms with E-state index >= 15 is 0 Å². The number of carbonyl (C=O) groups excluding carboxylic acids is 1. The van der Waals surface area contributed by atoms with E-state index in [1.54, 1.807) is 6.92 Å². The average Bonchev–Trinajstić information content (AvgIpc) is 2.30. The van der Waals surface area contributed by atoms with E-state index in [4.69, 9.17) is 0 Å². The van der Waals surface area contributed by atoms with E-state index < -0.39 is 0 Å². The van der Waals surface area contributed by atoms with Crippen LogP contribution in [0.15, 0.2) is 34.1 Å². The van der Waals surface area contributed by atoms with Gasteiger partial charge < -0.3 is 0 Å². The Labute approximate surface area is 114 Å². The Morgan fingerprint density at radius 1 is 1.35 bits per heavy atom. The quantitative estimate of drug-likeness (QED) is 0.563. The molecule has 0 saturated heterocycles. The van der Waals surface area contributed by atoms with Crippen molar-refractivity contribution in [3.63, 3.8) is 0 Å². The van der Waals surface area contributed by atoms with Gasteiger partial charge >= 0.3 is 114 Å². The Bertz CT molecular complexity index is 373. The second-order valence-corrected chi connectivity index (χ2v) is 7.95. The Morgan fingerprint density at radius 3 is 2.65 bits per heavy atom. The van der Waals surface area contributed by atoms with Crippen molar-refractivity contribution in [1.82, 2.24) is 0 Å². The van der Waals surface area contributed by atoms with Crippen molar-refractivity contribution in [2.24, 2.45) is 0 Å². The summed E-state index contributed by atoms with van der Waals surface area (Å²) in [5.74, 6) is 1.12. The van der Waals surface area contributed by atoms with Gasteiger partial charge in [0.25, 0.3) is 0 Å². The minimum atomic E-state index is -0.0196. The number of hydrogen-bond acceptors (Lipinski definition) is 2. The number of hydrogen-bond donors (Lipinski definition) is 0. The fourth-order valence-electron chi connectivity index (χ4n) is 1.24. The van der Waals surface area contributed by atoms with Crippen LogP contribution in [-0.2, 0) is 4.79 Å². The van der Waals surface area contributed by atoms with Gasteiger partial charge in [-0.05, 0) is 0 Å². The molecule has 0 aromatic heterocycles. The number of thioether (sulfide) groups is 1. The topological polar surface area (TPSA) is 17.1 Å². The first-order valence-corrected chi connectivity index (χ1v) is 8.50. The van der Waals surface area contributed by atoms with Crippen LogP contribution in [0.5, 0.6) is 0 Å². The van der Waals surface area contributed by atoms with Gasteiger partial charge in [0.05, 0.1) is 0 Å². The number of benzene rings is 1. The summed E-state index contributed by atoms with van der Waals surface area (Å²) in [7, 11) is 0. The predicted molar refractivity (Wildman–Crippen MR) is 78.2 cm³/mol. The van der Waals surface area contributed by atoms with Gasteiger partial charge in [-0.25, -0.2) is 0 Å². The second-order valence-electron chi connectivity index (χ2n) is 3.67. The molecule has 1 nitrogen and oxygen atoms in total. The van der Waals surface area contributed by atoms with Gasteiger partial charge in [0.2, 0.25) is 0 Å². The van der Waals surface area contributed by atoms with E-state index in [1.807, 2.05) is 30.0 Å². The summed E-state index contributed by atoms with van der Waals surface area (Å²) >= 11 is 1.82. The Kier molecular flexibility index (Phi) is 7.34. The van der Waals surface area contributed by atoms with Crippen molar-refractivity contribution in [2.75, 3.05) is 5.75 Å². The second kappa shape index (κ2) is 8.57. The summed E-state index contributed by atoms with van der Waals surface area (Å²) in [5, 5.41) is 0. The van der Waals surface area contributed by atoms with Crippen LogP contribution in [0.4, 0.5) is 0 Å². The first-order chi connectivity index (χ1) is 8.22. The van der Waals surface area contributed by atoms with E-state index in [-0.39, 0.29) is 15.0 Å². The fraction of sp³-hybridized carbons (Fsp3) is 0.357. The number of unbranched alkanes of at least 4 members (excludes halogenated alkanes) is 1. The van der Waals surface area contributed by atoms with Crippen LogP contribution in [0, 0.1) is 0 Å². The molecule has 0 aliphatic heterocycles. The molecule has 0 spiro atoms. The van der Waals surface area contributed by atoms with Gasteiger partial charge in [0.15, 0.2) is 0 Å².